The smallest absolute Gasteiger partial charge is 0.122 e. The van der Waals surface area contributed by atoms with Gasteiger partial charge in [-0.25, -0.2) is 9.78 Å². The summed E-state index contributed by atoms with van der Waals surface area (Å²) in [7, 11) is 0. The Bertz CT molecular complexity index is 320. The quantitative estimate of drug-likeness (QED) is 0.598. The van der Waals surface area contributed by atoms with Crippen molar-refractivity contribution >= 4 is 0 Å². The summed E-state index contributed by atoms with van der Waals surface area (Å²) in [6.45, 7) is 5.14. The number of aliphatic hydroxyl groups is 2. The highest BCUT2D eigenvalue weighted by Crippen LogP contribution is 2.42. The van der Waals surface area contributed by atoms with Gasteiger partial charge in [-0.15, -0.1) is 0 Å². The van der Waals surface area contributed by atoms with Crippen LogP contribution in [0.4, 0.5) is 0 Å². The van der Waals surface area contributed by atoms with Crippen molar-refractivity contribution < 1.29 is 20.0 Å². The van der Waals surface area contributed by atoms with Gasteiger partial charge in [0.2, 0.25) is 0 Å². The Morgan fingerprint density at radius 1 is 1.39 bits per heavy atom. The second kappa shape index (κ2) is 4.93. The summed E-state index contributed by atoms with van der Waals surface area (Å²) in [5.74, 6) is 0.426. The summed E-state index contributed by atoms with van der Waals surface area (Å²) < 4.78 is 0. The van der Waals surface area contributed by atoms with E-state index >= 15 is 0 Å². The molecule has 1 saturated heterocycles. The zero-order valence-corrected chi connectivity index (χ0v) is 11.4. The van der Waals surface area contributed by atoms with Crippen LogP contribution in [0.2, 0.25) is 0 Å². The van der Waals surface area contributed by atoms with E-state index in [4.69, 9.17) is 9.78 Å². The molecule has 0 amide bonds. The van der Waals surface area contributed by atoms with Crippen molar-refractivity contribution in [2.45, 2.75) is 69.9 Å². The highest BCUT2D eigenvalue weighted by atomic mass is 17.2. The number of hydrogen-bond acceptors (Lipinski definition) is 4. The summed E-state index contributed by atoms with van der Waals surface area (Å²) in [6, 6.07) is 0. The summed E-state index contributed by atoms with van der Waals surface area (Å²) in [4.78, 5) is 10.9. The van der Waals surface area contributed by atoms with Crippen molar-refractivity contribution in [3.63, 3.8) is 0 Å². The molecular weight excluding hydrogens is 232 g/mol. The monoisotopic (exact) mass is 256 g/mol. The van der Waals surface area contributed by atoms with Gasteiger partial charge in [0.15, 0.2) is 0 Å². The first-order chi connectivity index (χ1) is 8.31. The van der Waals surface area contributed by atoms with Gasteiger partial charge >= 0.3 is 0 Å². The van der Waals surface area contributed by atoms with Crippen LogP contribution in [0.1, 0.15) is 46.5 Å². The predicted octanol–water partition coefficient (Wildman–Crippen LogP) is 1.95. The van der Waals surface area contributed by atoms with Crippen LogP contribution in [0.15, 0.2) is 12.2 Å². The predicted molar refractivity (Wildman–Crippen MR) is 67.8 cm³/mol. The SMILES string of the molecule is CC(C)(O)[C@@H](O)/C=C/[C@@]1(C)OOC2CCCC1C2. The van der Waals surface area contributed by atoms with Gasteiger partial charge in [-0.2, -0.15) is 0 Å². The van der Waals surface area contributed by atoms with Gasteiger partial charge in [0.1, 0.15) is 11.7 Å². The molecule has 2 N–H and O–H groups in total. The van der Waals surface area contributed by atoms with Crippen molar-refractivity contribution in [2.75, 3.05) is 0 Å². The van der Waals surface area contributed by atoms with E-state index < -0.39 is 17.3 Å². The van der Waals surface area contributed by atoms with Crippen LogP contribution in [0.3, 0.4) is 0 Å². The van der Waals surface area contributed by atoms with Crippen LogP contribution in [0.5, 0.6) is 0 Å². The van der Waals surface area contributed by atoms with E-state index in [9.17, 15) is 10.2 Å². The number of aliphatic hydroxyl groups excluding tert-OH is 1. The average molecular weight is 256 g/mol. The molecule has 1 heterocycles. The summed E-state index contributed by atoms with van der Waals surface area (Å²) >= 11 is 0. The molecule has 0 aromatic carbocycles. The maximum atomic E-state index is 9.82. The van der Waals surface area contributed by atoms with Crippen LogP contribution in [-0.2, 0) is 9.78 Å². The molecule has 2 fully saturated rings. The van der Waals surface area contributed by atoms with Gasteiger partial charge in [0, 0.05) is 0 Å². The maximum absolute atomic E-state index is 9.82. The fourth-order valence-electron chi connectivity index (χ4n) is 2.67. The largest absolute Gasteiger partial charge is 0.387 e. The van der Waals surface area contributed by atoms with Crippen molar-refractivity contribution in [3.8, 4) is 0 Å². The van der Waals surface area contributed by atoms with E-state index in [2.05, 4.69) is 0 Å². The third kappa shape index (κ3) is 2.94. The van der Waals surface area contributed by atoms with Crippen LogP contribution in [0.25, 0.3) is 0 Å². The molecule has 4 heteroatoms. The molecule has 4 atom stereocenters. The molecule has 0 aromatic heterocycles. The first-order valence-electron chi connectivity index (χ1n) is 6.75. The molecule has 1 aliphatic heterocycles. The van der Waals surface area contributed by atoms with E-state index in [0.717, 1.165) is 25.7 Å². The standard InChI is InChI=1S/C14H24O4/c1-13(2,16)12(15)7-8-14(3)10-5-4-6-11(9-10)17-18-14/h7-8,10-12,15-16H,4-6,9H2,1-3H3/b8-7+/t10?,11?,12-,14+/m0/s1. The number of fused-ring (bicyclic) bond motifs is 2. The summed E-state index contributed by atoms with van der Waals surface area (Å²) in [6.07, 6.45) is 7.14. The Hall–Kier alpha value is -0.420. The van der Waals surface area contributed by atoms with Crippen LogP contribution >= 0.6 is 0 Å². The lowest BCUT2D eigenvalue weighted by Gasteiger charge is -2.44. The van der Waals surface area contributed by atoms with Crippen molar-refractivity contribution in [3.05, 3.63) is 12.2 Å². The van der Waals surface area contributed by atoms with Crippen LogP contribution in [-0.4, -0.2) is 33.6 Å². The minimum atomic E-state index is -1.14. The zero-order chi connectivity index (χ0) is 13.4. The molecule has 2 unspecified atom stereocenters. The molecule has 18 heavy (non-hydrogen) atoms. The fraction of sp³-hybridized carbons (Fsp3) is 0.857. The Morgan fingerprint density at radius 2 is 2.11 bits per heavy atom. The molecule has 2 bridgehead atoms. The molecule has 4 nitrogen and oxygen atoms in total. The Kier molecular flexibility index (Phi) is 3.83. The molecule has 1 saturated carbocycles. The second-order valence-corrected chi connectivity index (χ2v) is 6.31. The van der Waals surface area contributed by atoms with Gasteiger partial charge in [-0.1, -0.05) is 18.6 Å². The van der Waals surface area contributed by atoms with Crippen molar-refractivity contribution in [1.82, 2.24) is 0 Å². The van der Waals surface area contributed by atoms with Gasteiger partial charge in [-0.3, -0.25) is 0 Å². The third-order valence-electron chi connectivity index (χ3n) is 4.13. The van der Waals surface area contributed by atoms with Crippen molar-refractivity contribution in [2.24, 2.45) is 5.92 Å². The van der Waals surface area contributed by atoms with Gasteiger partial charge in [0.25, 0.3) is 0 Å². The number of rotatable bonds is 3. The molecule has 0 aromatic rings. The first-order valence-corrected chi connectivity index (χ1v) is 6.75. The van der Waals surface area contributed by atoms with Crippen LogP contribution < -0.4 is 0 Å². The first kappa shape index (κ1) is 14.0. The maximum Gasteiger partial charge on any atom is 0.122 e. The normalized spacial score (nSPS) is 38.9. The Labute approximate surface area is 109 Å². The molecular formula is C14H24O4. The lowest BCUT2D eigenvalue weighted by Crippen LogP contribution is -2.46. The van der Waals surface area contributed by atoms with E-state index in [1.807, 2.05) is 13.0 Å². The molecule has 0 spiro atoms. The van der Waals surface area contributed by atoms with E-state index in [-0.39, 0.29) is 6.10 Å². The Morgan fingerprint density at radius 3 is 2.78 bits per heavy atom. The molecule has 104 valence electrons. The Balaban J connectivity index is 2.05. The van der Waals surface area contributed by atoms with Gasteiger partial charge < -0.3 is 10.2 Å². The van der Waals surface area contributed by atoms with E-state index in [1.54, 1.807) is 19.9 Å². The zero-order valence-electron chi connectivity index (χ0n) is 11.4. The molecule has 2 rings (SSSR count). The lowest BCUT2D eigenvalue weighted by atomic mass is 9.75. The average Bonchev–Trinajstić information content (AvgIpc) is 2.31. The minimum absolute atomic E-state index is 0.226. The molecule has 0 radical (unpaired) electrons. The van der Waals surface area contributed by atoms with E-state index in [1.165, 1.54) is 0 Å². The van der Waals surface area contributed by atoms with Gasteiger partial charge in [0.05, 0.1) is 11.7 Å². The molecule has 1 aliphatic carbocycles. The summed E-state index contributed by atoms with van der Waals surface area (Å²) in [5, 5.41) is 19.5. The highest BCUT2D eigenvalue weighted by Gasteiger charge is 2.43. The van der Waals surface area contributed by atoms with Crippen molar-refractivity contribution in [1.29, 1.82) is 0 Å². The summed E-state index contributed by atoms with van der Waals surface area (Å²) in [5.41, 5.74) is -1.64. The minimum Gasteiger partial charge on any atom is -0.387 e. The number of hydrogen-bond donors (Lipinski definition) is 2. The highest BCUT2D eigenvalue weighted by molar-refractivity contribution is 5.09. The molecule has 2 aliphatic rings. The van der Waals surface area contributed by atoms with E-state index in [0.29, 0.717) is 5.92 Å². The van der Waals surface area contributed by atoms with Gasteiger partial charge in [-0.05, 0) is 46.0 Å². The second-order valence-electron chi connectivity index (χ2n) is 6.31. The fourth-order valence-corrected chi connectivity index (χ4v) is 2.67. The lowest BCUT2D eigenvalue weighted by molar-refractivity contribution is -0.414. The topological polar surface area (TPSA) is 58.9 Å². The third-order valence-corrected chi connectivity index (χ3v) is 4.13. The van der Waals surface area contributed by atoms with Crippen LogP contribution in [0, 0.1) is 5.92 Å².